The molecule has 1 amide bonds. The molecule has 0 spiro atoms. The zero-order chi connectivity index (χ0) is 15.2. The van der Waals surface area contributed by atoms with E-state index in [1.165, 1.54) is 0 Å². The topological polar surface area (TPSA) is 62.2 Å². The lowest BCUT2D eigenvalue weighted by Gasteiger charge is -2.16. The van der Waals surface area contributed by atoms with Crippen LogP contribution in [0, 0.1) is 5.82 Å². The van der Waals surface area contributed by atoms with E-state index < -0.39 is 17.8 Å². The zero-order valence-corrected chi connectivity index (χ0v) is 11.8. The van der Waals surface area contributed by atoms with E-state index >= 15 is 0 Å². The number of pyridine rings is 1. The number of aliphatic hydroxyl groups is 1. The Hall–Kier alpha value is -1.98. The van der Waals surface area contributed by atoms with Gasteiger partial charge in [0.05, 0.1) is 24.4 Å². The maximum absolute atomic E-state index is 13.1. The molecule has 0 aliphatic heterocycles. The predicted octanol–water partition coefficient (Wildman–Crippen LogP) is 2.21. The van der Waals surface area contributed by atoms with Crippen LogP contribution in [0.5, 0.6) is 0 Å². The highest BCUT2D eigenvalue weighted by Gasteiger charge is 2.17. The van der Waals surface area contributed by atoms with Crippen LogP contribution in [0.15, 0.2) is 42.6 Å². The number of aromatic nitrogens is 1. The van der Waals surface area contributed by atoms with Crippen LogP contribution in [0.4, 0.5) is 4.39 Å². The first kappa shape index (κ1) is 15.4. The van der Waals surface area contributed by atoms with Crippen molar-refractivity contribution in [2.24, 2.45) is 0 Å². The largest absolute Gasteiger partial charge is 0.394 e. The van der Waals surface area contributed by atoms with Gasteiger partial charge in [0.1, 0.15) is 11.0 Å². The van der Waals surface area contributed by atoms with Gasteiger partial charge in [-0.25, -0.2) is 9.37 Å². The smallest absolute Gasteiger partial charge is 0.254 e. The fraction of sp³-hybridized carbons (Fsp3) is 0.200. The second-order valence-corrected chi connectivity index (χ2v) is 4.89. The van der Waals surface area contributed by atoms with Gasteiger partial charge in [0.15, 0.2) is 0 Å². The summed E-state index contributed by atoms with van der Waals surface area (Å²) in [5, 5.41) is 11.9. The molecule has 0 aliphatic carbocycles. The fourth-order valence-electron chi connectivity index (χ4n) is 1.90. The van der Waals surface area contributed by atoms with Gasteiger partial charge in [0.25, 0.3) is 5.91 Å². The second-order valence-electron chi connectivity index (χ2n) is 4.53. The molecule has 6 heteroatoms. The number of hydrogen-bond donors (Lipinski definition) is 2. The number of nitrogens with zero attached hydrogens (tertiary/aromatic N) is 1. The summed E-state index contributed by atoms with van der Waals surface area (Å²) in [6.45, 7) is -0.235. The lowest BCUT2D eigenvalue weighted by Crippen LogP contribution is -2.39. The second kappa shape index (κ2) is 7.15. The van der Waals surface area contributed by atoms with Crippen LogP contribution >= 0.6 is 11.6 Å². The van der Waals surface area contributed by atoms with Gasteiger partial charge >= 0.3 is 0 Å². The van der Waals surface area contributed by atoms with Gasteiger partial charge in [-0.15, -0.1) is 0 Å². The minimum atomic E-state index is -0.645. The van der Waals surface area contributed by atoms with Crippen LogP contribution in [0.1, 0.15) is 15.9 Å². The van der Waals surface area contributed by atoms with Gasteiger partial charge in [0.2, 0.25) is 0 Å². The number of nitrogens with one attached hydrogen (secondary N) is 1. The fourth-order valence-corrected chi connectivity index (χ4v) is 2.09. The number of carbonyl (C=O) groups is 1. The van der Waals surface area contributed by atoms with E-state index in [1.807, 2.05) is 30.3 Å². The molecule has 1 aromatic carbocycles. The van der Waals surface area contributed by atoms with Crippen LogP contribution in [0.25, 0.3) is 0 Å². The van der Waals surface area contributed by atoms with Crippen molar-refractivity contribution in [1.82, 2.24) is 10.3 Å². The molecule has 0 fully saturated rings. The maximum atomic E-state index is 13.1. The minimum absolute atomic E-state index is 0.0526. The Morgan fingerprint density at radius 3 is 2.76 bits per heavy atom. The normalized spacial score (nSPS) is 12.0. The number of benzene rings is 1. The molecule has 0 bridgehead atoms. The number of carbonyl (C=O) groups excluding carboxylic acids is 1. The summed E-state index contributed by atoms with van der Waals surface area (Å²) in [6.07, 6.45) is 1.40. The summed E-state index contributed by atoms with van der Waals surface area (Å²) in [6, 6.07) is 9.95. The van der Waals surface area contributed by atoms with Gasteiger partial charge in [-0.05, 0) is 18.1 Å². The number of halogens is 2. The van der Waals surface area contributed by atoms with E-state index in [9.17, 15) is 14.3 Å². The van der Waals surface area contributed by atoms with Crippen molar-refractivity contribution in [2.75, 3.05) is 6.61 Å². The Balaban J connectivity index is 2.07. The third kappa shape index (κ3) is 4.24. The van der Waals surface area contributed by atoms with E-state index in [0.29, 0.717) is 6.42 Å². The van der Waals surface area contributed by atoms with Crippen LogP contribution in [-0.4, -0.2) is 28.6 Å². The van der Waals surface area contributed by atoms with Gasteiger partial charge < -0.3 is 10.4 Å². The molecule has 4 nitrogen and oxygen atoms in total. The summed E-state index contributed by atoms with van der Waals surface area (Å²) in [7, 11) is 0. The molecule has 0 unspecified atom stereocenters. The standard InChI is InChI=1S/C15H14ClFN2O2/c16-14-13(7-11(17)8-18-14)15(21)19-12(9-20)6-10-4-2-1-3-5-10/h1-5,7-8,12,20H,6,9H2,(H,19,21)/t12-/m0/s1. The third-order valence-electron chi connectivity index (χ3n) is 2.93. The van der Waals surface area contributed by atoms with Gasteiger partial charge in [-0.3, -0.25) is 4.79 Å². The van der Waals surface area contributed by atoms with Crippen LogP contribution in [0.2, 0.25) is 5.15 Å². The van der Waals surface area contributed by atoms with E-state index in [2.05, 4.69) is 10.3 Å². The molecular weight excluding hydrogens is 295 g/mol. The van der Waals surface area contributed by atoms with Crippen LogP contribution < -0.4 is 5.32 Å². The van der Waals surface area contributed by atoms with Gasteiger partial charge in [-0.1, -0.05) is 41.9 Å². The van der Waals surface area contributed by atoms with E-state index in [1.54, 1.807) is 0 Å². The molecule has 2 aromatic rings. The number of amides is 1. The Morgan fingerprint density at radius 1 is 1.38 bits per heavy atom. The van der Waals surface area contributed by atoms with Crippen molar-refractivity contribution in [3.05, 3.63) is 64.7 Å². The lowest BCUT2D eigenvalue weighted by molar-refractivity contribution is 0.0916. The molecule has 0 saturated carbocycles. The first-order chi connectivity index (χ1) is 10.1. The van der Waals surface area contributed by atoms with Crippen molar-refractivity contribution in [1.29, 1.82) is 0 Å². The molecule has 2 N–H and O–H groups in total. The highest BCUT2D eigenvalue weighted by Crippen LogP contribution is 2.14. The summed E-state index contributed by atoms with van der Waals surface area (Å²) in [5.74, 6) is -1.21. The zero-order valence-electron chi connectivity index (χ0n) is 11.1. The predicted molar refractivity (Wildman–Crippen MR) is 77.7 cm³/mol. The summed E-state index contributed by atoms with van der Waals surface area (Å²) in [5.41, 5.74) is 0.920. The summed E-state index contributed by atoms with van der Waals surface area (Å²) in [4.78, 5) is 15.6. The van der Waals surface area contributed by atoms with Crippen molar-refractivity contribution in [2.45, 2.75) is 12.5 Å². The molecular formula is C15H14ClFN2O2. The number of rotatable bonds is 5. The monoisotopic (exact) mass is 308 g/mol. The molecule has 0 aliphatic rings. The quantitative estimate of drug-likeness (QED) is 0.833. The van der Waals surface area contributed by atoms with Crippen molar-refractivity contribution >= 4 is 17.5 Å². The summed E-state index contributed by atoms with van der Waals surface area (Å²) < 4.78 is 13.1. The molecule has 21 heavy (non-hydrogen) atoms. The Morgan fingerprint density at radius 2 is 2.10 bits per heavy atom. The number of hydrogen-bond acceptors (Lipinski definition) is 3. The molecule has 1 aromatic heterocycles. The van der Waals surface area contributed by atoms with Crippen molar-refractivity contribution in [3.8, 4) is 0 Å². The Labute approximate surface area is 126 Å². The van der Waals surface area contributed by atoms with Crippen LogP contribution in [-0.2, 0) is 6.42 Å². The molecule has 0 saturated heterocycles. The molecule has 0 radical (unpaired) electrons. The van der Waals surface area contributed by atoms with Crippen molar-refractivity contribution < 1.29 is 14.3 Å². The third-order valence-corrected chi connectivity index (χ3v) is 3.23. The first-order valence-corrected chi connectivity index (χ1v) is 6.74. The highest BCUT2D eigenvalue weighted by molar-refractivity contribution is 6.32. The summed E-state index contributed by atoms with van der Waals surface area (Å²) >= 11 is 5.78. The average molecular weight is 309 g/mol. The molecule has 1 atom stereocenters. The number of aliphatic hydroxyl groups excluding tert-OH is 1. The SMILES string of the molecule is O=C(N[C@H](CO)Cc1ccccc1)c1cc(F)cnc1Cl. The molecule has 1 heterocycles. The Kier molecular flexibility index (Phi) is 5.25. The molecule has 2 rings (SSSR count). The van der Waals surface area contributed by atoms with Crippen LogP contribution in [0.3, 0.4) is 0 Å². The van der Waals surface area contributed by atoms with E-state index in [0.717, 1.165) is 17.8 Å². The van der Waals surface area contributed by atoms with Crippen molar-refractivity contribution in [3.63, 3.8) is 0 Å². The average Bonchev–Trinajstić information content (AvgIpc) is 2.50. The van der Waals surface area contributed by atoms with E-state index in [4.69, 9.17) is 11.6 Å². The Bertz CT molecular complexity index is 622. The highest BCUT2D eigenvalue weighted by atomic mass is 35.5. The lowest BCUT2D eigenvalue weighted by atomic mass is 10.1. The first-order valence-electron chi connectivity index (χ1n) is 6.37. The van der Waals surface area contributed by atoms with Gasteiger partial charge in [-0.2, -0.15) is 0 Å². The minimum Gasteiger partial charge on any atom is -0.394 e. The molecule has 110 valence electrons. The maximum Gasteiger partial charge on any atom is 0.254 e. The van der Waals surface area contributed by atoms with E-state index in [-0.39, 0.29) is 17.3 Å². The van der Waals surface area contributed by atoms with Gasteiger partial charge in [0, 0.05) is 0 Å².